The first kappa shape index (κ1) is 16.2. The molecular formula is C13H15BrN2O4. The zero-order valence-electron chi connectivity index (χ0n) is 11.1. The Bertz CT molecular complexity index is 502. The van der Waals surface area contributed by atoms with E-state index in [1.165, 1.54) is 14.0 Å². The van der Waals surface area contributed by atoms with E-state index in [0.29, 0.717) is 5.56 Å². The molecule has 108 valence electrons. The van der Waals surface area contributed by atoms with Crippen molar-refractivity contribution in [3.8, 4) is 0 Å². The largest absolute Gasteiger partial charge is 0.454 e. The molecule has 0 heterocycles. The molecule has 1 aromatic rings. The number of benzene rings is 1. The zero-order valence-corrected chi connectivity index (χ0v) is 12.7. The first-order chi connectivity index (χ1) is 9.43. The fraction of sp³-hybridized carbons (Fsp3) is 0.308. The minimum Gasteiger partial charge on any atom is -0.454 e. The monoisotopic (exact) mass is 342 g/mol. The maximum atomic E-state index is 11.9. The van der Waals surface area contributed by atoms with Gasteiger partial charge in [0.15, 0.2) is 6.61 Å². The normalized spacial score (nSPS) is 11.3. The summed E-state index contributed by atoms with van der Waals surface area (Å²) in [5.74, 6) is -1.47. The molecule has 0 radical (unpaired) electrons. The summed E-state index contributed by atoms with van der Waals surface area (Å²) in [5, 5.41) is 4.82. The lowest BCUT2D eigenvalue weighted by Gasteiger charge is -2.13. The Hall–Kier alpha value is -1.89. The van der Waals surface area contributed by atoms with Gasteiger partial charge in [0, 0.05) is 17.1 Å². The number of hydrogen-bond acceptors (Lipinski definition) is 4. The number of rotatable bonds is 5. The van der Waals surface area contributed by atoms with Crippen molar-refractivity contribution in [2.75, 3.05) is 13.7 Å². The first-order valence-electron chi connectivity index (χ1n) is 5.87. The minimum atomic E-state index is -0.837. The predicted octanol–water partition coefficient (Wildman–Crippen LogP) is 0.857. The maximum Gasteiger partial charge on any atom is 0.328 e. The highest BCUT2D eigenvalue weighted by atomic mass is 79.9. The third kappa shape index (κ3) is 5.00. The summed E-state index contributed by atoms with van der Waals surface area (Å²) in [6.07, 6.45) is 0. The van der Waals surface area contributed by atoms with Gasteiger partial charge < -0.3 is 15.4 Å². The fourth-order valence-electron chi connectivity index (χ4n) is 1.27. The molecule has 0 bridgehead atoms. The molecule has 1 aromatic carbocycles. The van der Waals surface area contributed by atoms with Crippen molar-refractivity contribution in [3.05, 3.63) is 34.3 Å². The lowest BCUT2D eigenvalue weighted by molar-refractivity contribution is -0.149. The van der Waals surface area contributed by atoms with E-state index in [0.717, 1.165) is 4.47 Å². The van der Waals surface area contributed by atoms with Crippen LogP contribution < -0.4 is 10.6 Å². The van der Waals surface area contributed by atoms with Crippen molar-refractivity contribution in [1.29, 1.82) is 0 Å². The lowest BCUT2D eigenvalue weighted by Crippen LogP contribution is -2.40. The first-order valence-corrected chi connectivity index (χ1v) is 6.67. The Balaban J connectivity index is 2.50. The average molecular weight is 343 g/mol. The maximum absolute atomic E-state index is 11.9. The van der Waals surface area contributed by atoms with Gasteiger partial charge in [0.2, 0.25) is 0 Å². The number of likely N-dealkylation sites (N-methyl/N-ethyl adjacent to an activating group) is 1. The molecule has 0 saturated carbocycles. The van der Waals surface area contributed by atoms with Crippen molar-refractivity contribution in [3.63, 3.8) is 0 Å². The van der Waals surface area contributed by atoms with E-state index in [2.05, 4.69) is 26.6 Å². The van der Waals surface area contributed by atoms with Gasteiger partial charge in [-0.1, -0.05) is 15.9 Å². The van der Waals surface area contributed by atoms with Gasteiger partial charge in [-0.3, -0.25) is 9.59 Å². The molecule has 0 aromatic heterocycles. The van der Waals surface area contributed by atoms with Crippen molar-refractivity contribution in [1.82, 2.24) is 10.6 Å². The Morgan fingerprint density at radius 1 is 1.25 bits per heavy atom. The number of carbonyl (C=O) groups excluding carboxylic acids is 3. The van der Waals surface area contributed by atoms with E-state index in [1.54, 1.807) is 24.3 Å². The second-order valence-corrected chi connectivity index (χ2v) is 4.90. The highest BCUT2D eigenvalue weighted by Crippen LogP contribution is 2.10. The second kappa shape index (κ2) is 7.64. The highest BCUT2D eigenvalue weighted by Gasteiger charge is 2.18. The van der Waals surface area contributed by atoms with E-state index in [-0.39, 0.29) is 12.5 Å². The van der Waals surface area contributed by atoms with Crippen LogP contribution in [0.5, 0.6) is 0 Å². The van der Waals surface area contributed by atoms with Crippen LogP contribution in [0, 0.1) is 0 Å². The molecule has 1 rings (SSSR count). The topological polar surface area (TPSA) is 84.5 Å². The molecule has 7 heteroatoms. The molecule has 0 fully saturated rings. The number of nitrogens with one attached hydrogen (secondary N) is 2. The van der Waals surface area contributed by atoms with Crippen molar-refractivity contribution in [2.24, 2.45) is 0 Å². The van der Waals surface area contributed by atoms with Crippen LogP contribution in [0.1, 0.15) is 17.3 Å². The van der Waals surface area contributed by atoms with E-state index >= 15 is 0 Å². The molecule has 0 aliphatic carbocycles. The summed E-state index contributed by atoms with van der Waals surface area (Å²) in [7, 11) is 1.44. The fourth-order valence-corrected chi connectivity index (χ4v) is 1.54. The third-order valence-electron chi connectivity index (χ3n) is 2.43. The molecule has 0 saturated heterocycles. The van der Waals surface area contributed by atoms with Gasteiger partial charge in [0.25, 0.3) is 11.8 Å². The van der Waals surface area contributed by atoms with E-state index in [9.17, 15) is 14.4 Å². The van der Waals surface area contributed by atoms with Gasteiger partial charge in [-0.25, -0.2) is 4.79 Å². The van der Waals surface area contributed by atoms with Gasteiger partial charge >= 0.3 is 5.97 Å². The van der Waals surface area contributed by atoms with Crippen LogP contribution >= 0.6 is 15.9 Å². The molecule has 0 unspecified atom stereocenters. The summed E-state index contributed by atoms with van der Waals surface area (Å²) < 4.78 is 5.59. The number of amides is 2. The van der Waals surface area contributed by atoms with Crippen LogP contribution in [-0.4, -0.2) is 37.5 Å². The van der Waals surface area contributed by atoms with Gasteiger partial charge in [-0.2, -0.15) is 0 Å². The van der Waals surface area contributed by atoms with Crippen LogP contribution in [0.3, 0.4) is 0 Å². The standard InChI is InChI=1S/C13H15BrN2O4/c1-8(13(19)20-7-11(17)15-2)16-12(18)9-3-5-10(14)6-4-9/h3-6,8H,7H2,1-2H3,(H,15,17)(H,16,18)/t8-/m0/s1. The molecule has 0 aliphatic heterocycles. The molecule has 2 amide bonds. The molecular weight excluding hydrogens is 328 g/mol. The van der Waals surface area contributed by atoms with Gasteiger partial charge in [-0.05, 0) is 31.2 Å². The number of hydrogen-bond donors (Lipinski definition) is 2. The summed E-state index contributed by atoms with van der Waals surface area (Å²) in [6, 6.07) is 5.87. The Morgan fingerprint density at radius 3 is 2.40 bits per heavy atom. The molecule has 0 spiro atoms. The molecule has 0 aliphatic rings. The minimum absolute atomic E-state index is 0.367. The van der Waals surface area contributed by atoms with Crippen LogP contribution in [0.4, 0.5) is 0 Å². The number of halogens is 1. The van der Waals surface area contributed by atoms with Crippen LogP contribution in [0.15, 0.2) is 28.7 Å². The van der Waals surface area contributed by atoms with E-state index in [4.69, 9.17) is 4.74 Å². The number of ether oxygens (including phenoxy) is 1. The van der Waals surface area contributed by atoms with Crippen molar-refractivity contribution >= 4 is 33.7 Å². The van der Waals surface area contributed by atoms with Gasteiger partial charge in [0.1, 0.15) is 6.04 Å². The predicted molar refractivity (Wildman–Crippen MR) is 76.1 cm³/mol. The second-order valence-electron chi connectivity index (χ2n) is 3.98. The zero-order chi connectivity index (χ0) is 15.1. The summed E-state index contributed by atoms with van der Waals surface area (Å²) in [4.78, 5) is 34.3. The number of esters is 1. The summed E-state index contributed by atoms with van der Waals surface area (Å²) in [5.41, 5.74) is 0.430. The van der Waals surface area contributed by atoms with Crippen LogP contribution in [0.2, 0.25) is 0 Å². The van der Waals surface area contributed by atoms with E-state index < -0.39 is 17.9 Å². The average Bonchev–Trinajstić information content (AvgIpc) is 2.44. The summed E-state index contributed by atoms with van der Waals surface area (Å²) >= 11 is 3.27. The van der Waals surface area contributed by atoms with Crippen LogP contribution in [0.25, 0.3) is 0 Å². The smallest absolute Gasteiger partial charge is 0.328 e. The van der Waals surface area contributed by atoms with E-state index in [1.807, 2.05) is 0 Å². The Kier molecular flexibility index (Phi) is 6.17. The third-order valence-corrected chi connectivity index (χ3v) is 2.96. The Labute approximate surface area is 125 Å². The molecule has 6 nitrogen and oxygen atoms in total. The van der Waals surface area contributed by atoms with Gasteiger partial charge in [-0.15, -0.1) is 0 Å². The summed E-state index contributed by atoms with van der Waals surface area (Å²) in [6.45, 7) is 1.12. The van der Waals surface area contributed by atoms with Crippen LogP contribution in [-0.2, 0) is 14.3 Å². The number of carbonyl (C=O) groups is 3. The van der Waals surface area contributed by atoms with Gasteiger partial charge in [0.05, 0.1) is 0 Å². The van der Waals surface area contributed by atoms with Crippen molar-refractivity contribution in [2.45, 2.75) is 13.0 Å². The highest BCUT2D eigenvalue weighted by molar-refractivity contribution is 9.10. The Morgan fingerprint density at radius 2 is 1.85 bits per heavy atom. The lowest BCUT2D eigenvalue weighted by atomic mass is 10.2. The van der Waals surface area contributed by atoms with Crippen molar-refractivity contribution < 1.29 is 19.1 Å². The SMILES string of the molecule is CNC(=O)COC(=O)[C@H](C)NC(=O)c1ccc(Br)cc1. The molecule has 1 atom stereocenters. The molecule has 20 heavy (non-hydrogen) atoms. The molecule has 2 N–H and O–H groups in total. The quantitative estimate of drug-likeness (QED) is 0.777.